The molecule has 22 heavy (non-hydrogen) atoms. The van der Waals surface area contributed by atoms with Crippen molar-refractivity contribution in [3.05, 3.63) is 66.4 Å². The summed E-state index contributed by atoms with van der Waals surface area (Å²) in [5.41, 5.74) is 2.33. The third-order valence-electron chi connectivity index (χ3n) is 3.14. The van der Waals surface area contributed by atoms with Crippen molar-refractivity contribution in [2.45, 2.75) is 13.0 Å². The summed E-state index contributed by atoms with van der Waals surface area (Å²) in [6, 6.07) is 18.1. The van der Waals surface area contributed by atoms with E-state index in [1.54, 1.807) is 0 Å². The van der Waals surface area contributed by atoms with E-state index in [-0.39, 0.29) is 6.61 Å². The first kappa shape index (κ1) is 14.6. The van der Waals surface area contributed by atoms with Crippen molar-refractivity contribution in [1.29, 1.82) is 0 Å². The van der Waals surface area contributed by atoms with Gasteiger partial charge in [-0.25, -0.2) is 0 Å². The maximum absolute atomic E-state index is 5.65. The number of aromatic nitrogens is 2. The zero-order valence-electron chi connectivity index (χ0n) is 11.9. The Hall–Kier alpha value is -2.33. The molecule has 0 unspecified atom stereocenters. The highest BCUT2D eigenvalue weighted by molar-refractivity contribution is 6.17. The Kier molecular flexibility index (Phi) is 4.71. The monoisotopic (exact) mass is 314 g/mol. The Balaban J connectivity index is 1.61. The number of alkyl halides is 1. The maximum Gasteiger partial charge on any atom is 0.253 e. The zero-order valence-corrected chi connectivity index (χ0v) is 12.7. The second-order valence-corrected chi connectivity index (χ2v) is 5.09. The summed E-state index contributed by atoms with van der Waals surface area (Å²) in [6.45, 7) is 0.250. The van der Waals surface area contributed by atoms with E-state index in [9.17, 15) is 0 Å². The minimum Gasteiger partial charge on any atom is -0.484 e. The summed E-state index contributed by atoms with van der Waals surface area (Å²) in [7, 11) is 0. The molecule has 2 aromatic carbocycles. The molecule has 0 atom stereocenters. The van der Waals surface area contributed by atoms with E-state index in [4.69, 9.17) is 20.8 Å². The van der Waals surface area contributed by atoms with E-state index in [1.165, 1.54) is 5.56 Å². The lowest BCUT2D eigenvalue weighted by Crippen LogP contribution is -1.95. The molecule has 0 fully saturated rings. The molecule has 3 aromatic rings. The lowest BCUT2D eigenvalue weighted by Gasteiger charge is -2.05. The number of hydrogen-bond donors (Lipinski definition) is 0. The fourth-order valence-corrected chi connectivity index (χ4v) is 2.21. The Morgan fingerprint density at radius 2 is 1.55 bits per heavy atom. The van der Waals surface area contributed by atoms with Crippen molar-refractivity contribution in [3.63, 3.8) is 0 Å². The van der Waals surface area contributed by atoms with E-state index in [0.29, 0.717) is 24.1 Å². The summed E-state index contributed by atoms with van der Waals surface area (Å²) < 4.78 is 11.1. The van der Waals surface area contributed by atoms with Crippen LogP contribution in [0.2, 0.25) is 0 Å². The van der Waals surface area contributed by atoms with Gasteiger partial charge in [-0.15, -0.1) is 21.8 Å². The summed E-state index contributed by atoms with van der Waals surface area (Å²) in [5.74, 6) is 2.21. The Bertz CT molecular complexity index is 711. The van der Waals surface area contributed by atoms with Gasteiger partial charge in [-0.1, -0.05) is 42.5 Å². The highest BCUT2D eigenvalue weighted by atomic mass is 35.5. The normalized spacial score (nSPS) is 10.6. The first-order chi connectivity index (χ1) is 10.8. The average molecular weight is 315 g/mol. The maximum atomic E-state index is 5.65. The van der Waals surface area contributed by atoms with E-state index in [1.807, 2.05) is 42.5 Å². The molecule has 3 rings (SSSR count). The Morgan fingerprint density at radius 3 is 2.27 bits per heavy atom. The van der Waals surface area contributed by atoms with Gasteiger partial charge >= 0.3 is 0 Å². The number of benzene rings is 2. The van der Waals surface area contributed by atoms with Crippen LogP contribution in [0.3, 0.4) is 0 Å². The summed E-state index contributed by atoms with van der Waals surface area (Å²) in [5, 5.41) is 7.81. The largest absolute Gasteiger partial charge is 0.484 e. The van der Waals surface area contributed by atoms with Gasteiger partial charge in [-0.2, -0.15) is 0 Å². The summed E-state index contributed by atoms with van der Waals surface area (Å²) in [6.07, 6.45) is 0.570. The third-order valence-corrected chi connectivity index (χ3v) is 3.33. The fourth-order valence-electron chi connectivity index (χ4n) is 2.05. The van der Waals surface area contributed by atoms with Crippen LogP contribution in [0.15, 0.2) is 59.0 Å². The smallest absolute Gasteiger partial charge is 0.253 e. The van der Waals surface area contributed by atoms with Gasteiger partial charge in [0.25, 0.3) is 5.89 Å². The predicted molar refractivity (Wildman–Crippen MR) is 84.9 cm³/mol. The SMILES string of the molecule is ClCCc1nnc(COc2ccc(-c3ccccc3)cc2)o1. The molecule has 0 bridgehead atoms. The first-order valence-electron chi connectivity index (χ1n) is 7.00. The van der Waals surface area contributed by atoms with Crippen LogP contribution in [-0.2, 0) is 13.0 Å². The van der Waals surface area contributed by atoms with Gasteiger partial charge in [0, 0.05) is 12.3 Å². The molecule has 1 aromatic heterocycles. The first-order valence-corrected chi connectivity index (χ1v) is 7.54. The molecule has 1 heterocycles. The number of hydrogen-bond acceptors (Lipinski definition) is 4. The molecule has 0 saturated carbocycles. The van der Waals surface area contributed by atoms with Crippen LogP contribution < -0.4 is 4.74 Å². The van der Waals surface area contributed by atoms with Gasteiger partial charge in [0.1, 0.15) is 5.75 Å². The van der Waals surface area contributed by atoms with E-state index < -0.39 is 0 Å². The second-order valence-electron chi connectivity index (χ2n) is 4.71. The van der Waals surface area contributed by atoms with Crippen molar-refractivity contribution >= 4 is 11.6 Å². The topological polar surface area (TPSA) is 48.2 Å². The lowest BCUT2D eigenvalue weighted by molar-refractivity contribution is 0.259. The van der Waals surface area contributed by atoms with Gasteiger partial charge in [-0.05, 0) is 23.3 Å². The highest BCUT2D eigenvalue weighted by Crippen LogP contribution is 2.22. The van der Waals surface area contributed by atoms with Crippen molar-refractivity contribution in [2.75, 3.05) is 5.88 Å². The zero-order chi connectivity index (χ0) is 15.2. The number of ether oxygens (including phenoxy) is 1. The molecule has 0 saturated heterocycles. The summed E-state index contributed by atoms with van der Waals surface area (Å²) in [4.78, 5) is 0. The quantitative estimate of drug-likeness (QED) is 0.643. The molecule has 0 aliphatic heterocycles. The molecular formula is C17H15ClN2O2. The molecule has 112 valence electrons. The number of halogens is 1. The van der Waals surface area contributed by atoms with Crippen LogP contribution in [0.4, 0.5) is 0 Å². The van der Waals surface area contributed by atoms with Crippen LogP contribution in [-0.4, -0.2) is 16.1 Å². The van der Waals surface area contributed by atoms with Gasteiger partial charge in [0.05, 0.1) is 0 Å². The van der Waals surface area contributed by atoms with Crippen molar-refractivity contribution < 1.29 is 9.15 Å². The molecule has 0 N–H and O–H groups in total. The lowest BCUT2D eigenvalue weighted by atomic mass is 10.1. The number of nitrogens with zero attached hydrogens (tertiary/aromatic N) is 2. The highest BCUT2D eigenvalue weighted by Gasteiger charge is 2.06. The van der Waals surface area contributed by atoms with Crippen LogP contribution in [0.25, 0.3) is 11.1 Å². The average Bonchev–Trinajstić information content (AvgIpc) is 3.02. The van der Waals surface area contributed by atoms with Gasteiger partial charge in [0.2, 0.25) is 5.89 Å². The van der Waals surface area contributed by atoms with E-state index in [0.717, 1.165) is 11.3 Å². The molecular weight excluding hydrogens is 300 g/mol. The predicted octanol–water partition coefficient (Wildman–Crippen LogP) is 4.10. The Morgan fingerprint density at radius 1 is 0.864 bits per heavy atom. The molecule has 5 heteroatoms. The van der Waals surface area contributed by atoms with Gasteiger partial charge in [0.15, 0.2) is 6.61 Å². The molecule has 4 nitrogen and oxygen atoms in total. The molecule has 0 aliphatic carbocycles. The number of rotatable bonds is 6. The van der Waals surface area contributed by atoms with Crippen LogP contribution in [0.5, 0.6) is 5.75 Å². The minimum absolute atomic E-state index is 0.250. The molecule has 0 spiro atoms. The van der Waals surface area contributed by atoms with Gasteiger partial charge < -0.3 is 9.15 Å². The van der Waals surface area contributed by atoms with Crippen LogP contribution in [0, 0.1) is 0 Å². The standard InChI is InChI=1S/C17H15ClN2O2/c18-11-10-16-19-20-17(22-16)12-21-15-8-6-14(7-9-15)13-4-2-1-3-5-13/h1-9H,10-12H2. The van der Waals surface area contributed by atoms with E-state index in [2.05, 4.69) is 22.3 Å². The molecule has 0 radical (unpaired) electrons. The number of aryl methyl sites for hydroxylation is 1. The van der Waals surface area contributed by atoms with Crippen LogP contribution >= 0.6 is 11.6 Å². The fraction of sp³-hybridized carbons (Fsp3) is 0.176. The minimum atomic E-state index is 0.250. The Labute approximate surface area is 133 Å². The van der Waals surface area contributed by atoms with E-state index >= 15 is 0 Å². The van der Waals surface area contributed by atoms with Gasteiger partial charge in [-0.3, -0.25) is 0 Å². The second kappa shape index (κ2) is 7.09. The molecule has 0 aliphatic rings. The van der Waals surface area contributed by atoms with Crippen LogP contribution in [0.1, 0.15) is 11.8 Å². The molecule has 0 amide bonds. The van der Waals surface area contributed by atoms with Crippen molar-refractivity contribution in [1.82, 2.24) is 10.2 Å². The third kappa shape index (κ3) is 3.65. The van der Waals surface area contributed by atoms with Crippen molar-refractivity contribution in [3.8, 4) is 16.9 Å². The van der Waals surface area contributed by atoms with Crippen molar-refractivity contribution in [2.24, 2.45) is 0 Å². The summed E-state index contributed by atoms with van der Waals surface area (Å²) >= 11 is 5.62.